The van der Waals surface area contributed by atoms with Crippen LogP contribution in [0.3, 0.4) is 0 Å². The van der Waals surface area contributed by atoms with E-state index in [1.165, 1.54) is 12.3 Å². The molecule has 4 rings (SSSR count). The van der Waals surface area contributed by atoms with Gasteiger partial charge in [0, 0.05) is 30.2 Å². The molecular formula is C22H19F3N2O3. The van der Waals surface area contributed by atoms with E-state index in [-0.39, 0.29) is 12.5 Å². The van der Waals surface area contributed by atoms with E-state index in [1.807, 2.05) is 24.3 Å². The Morgan fingerprint density at radius 3 is 2.43 bits per heavy atom. The summed E-state index contributed by atoms with van der Waals surface area (Å²) in [6.07, 6.45) is -3.27. The van der Waals surface area contributed by atoms with E-state index in [1.54, 1.807) is 17.0 Å². The zero-order chi connectivity index (χ0) is 21.1. The molecule has 0 saturated carbocycles. The monoisotopic (exact) mass is 416 g/mol. The van der Waals surface area contributed by atoms with Gasteiger partial charge in [-0.1, -0.05) is 30.3 Å². The minimum Gasteiger partial charge on any atom is -0.483 e. The molecule has 1 aromatic heterocycles. The highest BCUT2D eigenvalue weighted by Crippen LogP contribution is 2.35. The van der Waals surface area contributed by atoms with Gasteiger partial charge >= 0.3 is 6.18 Å². The number of amides is 1. The summed E-state index contributed by atoms with van der Waals surface area (Å²) < 4.78 is 49.4. The number of nitrogens with zero attached hydrogens (tertiary/aromatic N) is 2. The first kappa shape index (κ1) is 20.2. The molecule has 1 saturated heterocycles. The van der Waals surface area contributed by atoms with Gasteiger partial charge in [0.1, 0.15) is 11.4 Å². The second-order valence-corrected chi connectivity index (χ2v) is 6.87. The lowest BCUT2D eigenvalue weighted by atomic mass is 9.98. The standard InChI is InChI=1S/C22H19F3N2O3/c23-22(24,25)20-8-5-15(13-26-20)16-6-7-19(18-4-2-1-3-17(16)18)30-14-21(28)27-9-11-29-12-10-27/h1-8,13H,9-12,14H2. The number of hydrogen-bond donors (Lipinski definition) is 0. The Morgan fingerprint density at radius 1 is 1.03 bits per heavy atom. The molecule has 0 aliphatic carbocycles. The largest absolute Gasteiger partial charge is 0.483 e. The Labute approximate surface area is 171 Å². The number of rotatable bonds is 4. The first-order valence-electron chi connectivity index (χ1n) is 9.47. The molecule has 5 nitrogen and oxygen atoms in total. The predicted molar refractivity (Wildman–Crippen MR) is 105 cm³/mol. The molecule has 0 N–H and O–H groups in total. The lowest BCUT2D eigenvalue weighted by molar-refractivity contribution is -0.141. The normalized spacial score (nSPS) is 14.7. The third-order valence-corrected chi connectivity index (χ3v) is 4.96. The molecule has 1 aliphatic heterocycles. The van der Waals surface area contributed by atoms with Crippen LogP contribution in [-0.4, -0.2) is 48.7 Å². The van der Waals surface area contributed by atoms with Gasteiger partial charge in [0.05, 0.1) is 13.2 Å². The summed E-state index contributed by atoms with van der Waals surface area (Å²) in [6.45, 7) is 2.03. The van der Waals surface area contributed by atoms with Crippen LogP contribution in [0.25, 0.3) is 21.9 Å². The molecule has 0 unspecified atom stereocenters. The van der Waals surface area contributed by atoms with E-state index in [0.717, 1.165) is 22.4 Å². The highest BCUT2D eigenvalue weighted by atomic mass is 19.4. The summed E-state index contributed by atoms with van der Waals surface area (Å²) in [5.74, 6) is 0.425. The molecule has 1 aliphatic rings. The highest BCUT2D eigenvalue weighted by Gasteiger charge is 2.32. The fraction of sp³-hybridized carbons (Fsp3) is 0.273. The number of hydrogen-bond acceptors (Lipinski definition) is 4. The van der Waals surface area contributed by atoms with Crippen molar-refractivity contribution in [3.63, 3.8) is 0 Å². The second kappa shape index (κ2) is 8.31. The van der Waals surface area contributed by atoms with E-state index in [4.69, 9.17) is 9.47 Å². The van der Waals surface area contributed by atoms with Crippen molar-refractivity contribution in [3.8, 4) is 16.9 Å². The molecular weight excluding hydrogens is 397 g/mol. The van der Waals surface area contributed by atoms with Crippen LogP contribution in [0.15, 0.2) is 54.7 Å². The van der Waals surface area contributed by atoms with E-state index >= 15 is 0 Å². The maximum Gasteiger partial charge on any atom is 0.433 e. The molecule has 2 heterocycles. The number of benzene rings is 2. The maximum atomic E-state index is 12.8. The van der Waals surface area contributed by atoms with Gasteiger partial charge in [0.25, 0.3) is 5.91 Å². The molecule has 30 heavy (non-hydrogen) atoms. The summed E-state index contributed by atoms with van der Waals surface area (Å²) in [5.41, 5.74) is 0.367. The first-order chi connectivity index (χ1) is 14.4. The quantitative estimate of drug-likeness (QED) is 0.641. The van der Waals surface area contributed by atoms with Crippen molar-refractivity contribution in [3.05, 3.63) is 60.4 Å². The zero-order valence-corrected chi connectivity index (χ0v) is 16.0. The number of alkyl halides is 3. The van der Waals surface area contributed by atoms with Crippen LogP contribution < -0.4 is 4.74 Å². The number of ether oxygens (including phenoxy) is 2. The van der Waals surface area contributed by atoms with Gasteiger partial charge in [-0.25, -0.2) is 0 Å². The van der Waals surface area contributed by atoms with Gasteiger partial charge in [-0.05, 0) is 29.1 Å². The van der Waals surface area contributed by atoms with Crippen molar-refractivity contribution < 1.29 is 27.4 Å². The van der Waals surface area contributed by atoms with E-state index in [2.05, 4.69) is 4.98 Å². The lowest BCUT2D eigenvalue weighted by Crippen LogP contribution is -2.42. The molecule has 3 aromatic rings. The first-order valence-corrected chi connectivity index (χ1v) is 9.47. The average Bonchev–Trinajstić information content (AvgIpc) is 2.77. The molecule has 8 heteroatoms. The Hall–Kier alpha value is -3.13. The van der Waals surface area contributed by atoms with Crippen LogP contribution in [0.1, 0.15) is 5.69 Å². The minimum atomic E-state index is -4.48. The minimum absolute atomic E-state index is 0.0921. The number of carbonyl (C=O) groups excluding carboxylic acids is 1. The SMILES string of the molecule is O=C(COc1ccc(-c2ccc(C(F)(F)F)nc2)c2ccccc12)N1CCOCC1. The second-order valence-electron chi connectivity index (χ2n) is 6.87. The van der Waals surface area contributed by atoms with Gasteiger partial charge in [-0.15, -0.1) is 0 Å². The van der Waals surface area contributed by atoms with Crippen molar-refractivity contribution in [1.29, 1.82) is 0 Å². The van der Waals surface area contributed by atoms with Crippen LogP contribution in [0.2, 0.25) is 0 Å². The summed E-state index contributed by atoms with van der Waals surface area (Å²) in [5, 5.41) is 1.57. The van der Waals surface area contributed by atoms with Crippen molar-refractivity contribution in [2.75, 3.05) is 32.9 Å². The van der Waals surface area contributed by atoms with Crippen LogP contribution in [-0.2, 0) is 15.7 Å². The number of halogens is 3. The number of fused-ring (bicyclic) bond motifs is 1. The van der Waals surface area contributed by atoms with E-state index in [0.29, 0.717) is 37.6 Å². The maximum absolute atomic E-state index is 12.8. The fourth-order valence-corrected chi connectivity index (χ4v) is 3.41. The predicted octanol–water partition coefficient (Wildman–Crippen LogP) is 4.16. The summed E-state index contributed by atoms with van der Waals surface area (Å²) in [7, 11) is 0. The van der Waals surface area contributed by atoms with Gasteiger partial charge in [0.15, 0.2) is 6.61 Å². The Morgan fingerprint density at radius 2 is 1.77 bits per heavy atom. The van der Waals surface area contributed by atoms with Crippen LogP contribution in [0.5, 0.6) is 5.75 Å². The highest BCUT2D eigenvalue weighted by molar-refractivity contribution is 6.00. The average molecular weight is 416 g/mol. The molecule has 0 bridgehead atoms. The van der Waals surface area contributed by atoms with E-state index < -0.39 is 11.9 Å². The van der Waals surface area contributed by atoms with Gasteiger partial charge in [-0.3, -0.25) is 9.78 Å². The van der Waals surface area contributed by atoms with Gasteiger partial charge in [-0.2, -0.15) is 13.2 Å². The van der Waals surface area contributed by atoms with Gasteiger partial charge < -0.3 is 14.4 Å². The van der Waals surface area contributed by atoms with Crippen molar-refractivity contribution in [1.82, 2.24) is 9.88 Å². The zero-order valence-electron chi connectivity index (χ0n) is 16.0. The van der Waals surface area contributed by atoms with Crippen LogP contribution in [0.4, 0.5) is 13.2 Å². The van der Waals surface area contributed by atoms with Crippen molar-refractivity contribution in [2.45, 2.75) is 6.18 Å². The number of morpholine rings is 1. The number of pyridine rings is 1. The Kier molecular flexibility index (Phi) is 5.59. The summed E-state index contributed by atoms with van der Waals surface area (Å²) >= 11 is 0. The number of carbonyl (C=O) groups is 1. The van der Waals surface area contributed by atoms with E-state index in [9.17, 15) is 18.0 Å². The third kappa shape index (κ3) is 4.23. The summed E-state index contributed by atoms with van der Waals surface area (Å²) in [4.78, 5) is 17.6. The third-order valence-electron chi connectivity index (χ3n) is 4.96. The molecule has 0 spiro atoms. The number of aromatic nitrogens is 1. The lowest BCUT2D eigenvalue weighted by Gasteiger charge is -2.26. The van der Waals surface area contributed by atoms with Crippen molar-refractivity contribution >= 4 is 16.7 Å². The smallest absolute Gasteiger partial charge is 0.433 e. The fourth-order valence-electron chi connectivity index (χ4n) is 3.41. The summed E-state index contributed by atoms with van der Waals surface area (Å²) in [6, 6.07) is 13.3. The van der Waals surface area contributed by atoms with Crippen molar-refractivity contribution in [2.24, 2.45) is 0 Å². The molecule has 0 atom stereocenters. The molecule has 156 valence electrons. The van der Waals surface area contributed by atoms with Gasteiger partial charge in [0.2, 0.25) is 0 Å². The molecule has 2 aromatic carbocycles. The molecule has 1 fully saturated rings. The van der Waals surface area contributed by atoms with Crippen LogP contribution >= 0.6 is 0 Å². The molecule has 1 amide bonds. The molecule has 0 radical (unpaired) electrons. The Bertz CT molecular complexity index is 1050. The Balaban J connectivity index is 1.59. The van der Waals surface area contributed by atoms with Crippen LogP contribution in [0, 0.1) is 0 Å². The topological polar surface area (TPSA) is 51.7 Å².